The van der Waals surface area contributed by atoms with Crippen LogP contribution in [0.2, 0.25) is 0 Å². The Morgan fingerprint density at radius 3 is 2.84 bits per heavy atom. The SMILES string of the molecule is O=C(Nc1cccc2c1N=S=N2)c1cc(Br)c(Br)s1. The van der Waals surface area contributed by atoms with Crippen LogP contribution in [0, 0.1) is 0 Å². The number of amides is 1. The average molecular weight is 419 g/mol. The van der Waals surface area contributed by atoms with Crippen LogP contribution in [0.4, 0.5) is 17.1 Å². The monoisotopic (exact) mass is 417 g/mol. The molecule has 0 spiro atoms. The minimum Gasteiger partial charge on any atom is -0.319 e. The summed E-state index contributed by atoms with van der Waals surface area (Å²) in [5.41, 5.74) is 2.18. The Bertz CT molecular complexity index is 731. The van der Waals surface area contributed by atoms with Gasteiger partial charge in [-0.05, 0) is 50.1 Å². The van der Waals surface area contributed by atoms with Gasteiger partial charge in [0.05, 0.1) is 25.7 Å². The van der Waals surface area contributed by atoms with E-state index in [4.69, 9.17) is 0 Å². The molecular formula is C11H5Br2N3OS2. The molecule has 1 N–H and O–H groups in total. The van der Waals surface area contributed by atoms with Crippen LogP contribution >= 0.6 is 43.2 Å². The topological polar surface area (TPSA) is 53.8 Å². The Hall–Kier alpha value is -0.830. The van der Waals surface area contributed by atoms with Gasteiger partial charge in [0.25, 0.3) is 5.91 Å². The van der Waals surface area contributed by atoms with Gasteiger partial charge in [0.2, 0.25) is 0 Å². The Kier molecular flexibility index (Phi) is 3.66. The van der Waals surface area contributed by atoms with Crippen molar-refractivity contribution in [2.75, 3.05) is 5.32 Å². The summed E-state index contributed by atoms with van der Waals surface area (Å²) in [6, 6.07) is 7.31. The fraction of sp³-hybridized carbons (Fsp3) is 0. The number of halogens is 2. The summed E-state index contributed by atoms with van der Waals surface area (Å²) in [6.45, 7) is 0. The van der Waals surface area contributed by atoms with Crippen LogP contribution in [-0.2, 0) is 11.4 Å². The molecule has 1 aromatic carbocycles. The number of carbonyl (C=O) groups excluding carboxylic acids is 1. The normalized spacial score (nSPS) is 12.1. The highest BCUT2D eigenvalue weighted by Gasteiger charge is 2.16. The molecule has 0 atom stereocenters. The largest absolute Gasteiger partial charge is 0.319 e. The predicted octanol–water partition coefficient (Wildman–Crippen LogP) is 5.25. The second kappa shape index (κ2) is 5.28. The highest BCUT2D eigenvalue weighted by Crippen LogP contribution is 2.39. The van der Waals surface area contributed by atoms with Crippen molar-refractivity contribution >= 4 is 77.5 Å². The van der Waals surface area contributed by atoms with Gasteiger partial charge >= 0.3 is 0 Å². The predicted molar refractivity (Wildman–Crippen MR) is 85.7 cm³/mol. The zero-order valence-corrected chi connectivity index (χ0v) is 14.0. The number of nitrogens with one attached hydrogen (secondary N) is 1. The lowest BCUT2D eigenvalue weighted by molar-refractivity contribution is 0.103. The van der Waals surface area contributed by atoms with Gasteiger partial charge in [0.15, 0.2) is 0 Å². The van der Waals surface area contributed by atoms with Gasteiger partial charge < -0.3 is 5.32 Å². The van der Waals surface area contributed by atoms with E-state index in [2.05, 4.69) is 45.9 Å². The smallest absolute Gasteiger partial charge is 0.265 e. The number of carbonyl (C=O) groups is 1. The number of anilines is 1. The molecule has 96 valence electrons. The molecule has 2 heterocycles. The van der Waals surface area contributed by atoms with Crippen molar-refractivity contribution in [2.45, 2.75) is 0 Å². The second-order valence-corrected chi connectivity index (χ2v) is 7.38. The molecule has 1 aromatic heterocycles. The summed E-state index contributed by atoms with van der Waals surface area (Å²) in [4.78, 5) is 12.8. The summed E-state index contributed by atoms with van der Waals surface area (Å²) in [5.74, 6) is -0.156. The lowest BCUT2D eigenvalue weighted by atomic mass is 10.2. The van der Waals surface area contributed by atoms with Gasteiger partial charge in [-0.15, -0.1) is 11.3 Å². The van der Waals surface area contributed by atoms with Gasteiger partial charge in [-0.25, -0.2) is 0 Å². The molecule has 1 aliphatic rings. The van der Waals surface area contributed by atoms with E-state index in [1.54, 1.807) is 6.07 Å². The van der Waals surface area contributed by atoms with Crippen LogP contribution in [0.5, 0.6) is 0 Å². The molecule has 0 saturated heterocycles. The van der Waals surface area contributed by atoms with Gasteiger partial charge in [0.1, 0.15) is 11.4 Å². The minimum absolute atomic E-state index is 0.156. The lowest BCUT2D eigenvalue weighted by Crippen LogP contribution is -2.10. The third kappa shape index (κ3) is 2.58. The molecule has 0 radical (unpaired) electrons. The van der Waals surface area contributed by atoms with Crippen molar-refractivity contribution in [3.8, 4) is 0 Å². The fourth-order valence-electron chi connectivity index (χ4n) is 1.55. The van der Waals surface area contributed by atoms with Gasteiger partial charge in [-0.2, -0.15) is 8.73 Å². The van der Waals surface area contributed by atoms with Crippen LogP contribution < -0.4 is 5.32 Å². The Balaban J connectivity index is 1.88. The molecule has 3 rings (SSSR count). The molecule has 4 nitrogen and oxygen atoms in total. The van der Waals surface area contributed by atoms with E-state index in [0.29, 0.717) is 10.6 Å². The third-order valence-electron chi connectivity index (χ3n) is 2.40. The average Bonchev–Trinajstić information content (AvgIpc) is 2.98. The summed E-state index contributed by atoms with van der Waals surface area (Å²) < 4.78 is 10.1. The van der Waals surface area contributed by atoms with Gasteiger partial charge in [-0.3, -0.25) is 4.79 Å². The van der Waals surface area contributed by atoms with Crippen LogP contribution in [0.25, 0.3) is 0 Å². The second-order valence-electron chi connectivity index (χ2n) is 3.62. The maximum atomic E-state index is 12.2. The third-order valence-corrected chi connectivity index (χ3v) is 6.20. The maximum absolute atomic E-state index is 12.2. The molecule has 2 aromatic rings. The number of rotatable bonds is 2. The molecule has 0 unspecified atom stereocenters. The highest BCUT2D eigenvalue weighted by atomic mass is 79.9. The lowest BCUT2D eigenvalue weighted by Gasteiger charge is -2.06. The van der Waals surface area contributed by atoms with Crippen molar-refractivity contribution in [1.29, 1.82) is 0 Å². The van der Waals surface area contributed by atoms with Gasteiger partial charge in [-0.1, -0.05) is 6.07 Å². The van der Waals surface area contributed by atoms with Crippen molar-refractivity contribution in [1.82, 2.24) is 0 Å². The first-order valence-electron chi connectivity index (χ1n) is 5.12. The number of thiophene rings is 1. The quantitative estimate of drug-likeness (QED) is 0.606. The van der Waals surface area contributed by atoms with Crippen molar-refractivity contribution in [3.63, 3.8) is 0 Å². The summed E-state index contributed by atoms with van der Waals surface area (Å²) in [5, 5.41) is 2.86. The fourth-order valence-corrected chi connectivity index (χ4v) is 4.03. The molecule has 0 fully saturated rings. The Morgan fingerprint density at radius 1 is 1.26 bits per heavy atom. The van der Waals surface area contributed by atoms with E-state index in [1.165, 1.54) is 11.3 Å². The number of benzene rings is 1. The molecule has 19 heavy (non-hydrogen) atoms. The van der Waals surface area contributed by atoms with Crippen LogP contribution in [0.1, 0.15) is 9.67 Å². The molecule has 8 heteroatoms. The van der Waals surface area contributed by atoms with E-state index >= 15 is 0 Å². The number of hydrogen-bond donors (Lipinski definition) is 1. The van der Waals surface area contributed by atoms with Crippen LogP contribution in [0.15, 0.2) is 41.3 Å². The standard InChI is InChI=1S/C11H5Br2N3OS2/c12-5-4-8(18-10(5)13)11(17)14-6-2-1-3-7-9(6)16-19-15-7/h1-4H,(H,14,17). The Labute approximate surface area is 133 Å². The van der Waals surface area contributed by atoms with E-state index in [-0.39, 0.29) is 5.91 Å². The first kappa shape index (κ1) is 13.2. The van der Waals surface area contributed by atoms with E-state index in [9.17, 15) is 4.79 Å². The van der Waals surface area contributed by atoms with Crippen LogP contribution in [0.3, 0.4) is 0 Å². The first-order valence-corrected chi connectivity index (χ1v) is 8.26. The number of hydrogen-bond acceptors (Lipinski definition) is 4. The van der Waals surface area contributed by atoms with Crippen LogP contribution in [-0.4, -0.2) is 5.91 Å². The summed E-state index contributed by atoms with van der Waals surface area (Å²) in [7, 11) is 0. The first-order chi connectivity index (χ1) is 9.15. The summed E-state index contributed by atoms with van der Waals surface area (Å²) in [6.07, 6.45) is 0. The molecule has 1 amide bonds. The highest BCUT2D eigenvalue weighted by molar-refractivity contribution is 9.13. The van der Waals surface area contributed by atoms with E-state index < -0.39 is 0 Å². The molecule has 0 aliphatic carbocycles. The summed E-state index contributed by atoms with van der Waals surface area (Å²) >= 11 is 9.25. The molecule has 0 bridgehead atoms. The molecule has 1 aliphatic heterocycles. The minimum atomic E-state index is -0.156. The zero-order valence-electron chi connectivity index (χ0n) is 9.18. The zero-order chi connectivity index (χ0) is 13.4. The molecule has 0 saturated carbocycles. The molecular weight excluding hydrogens is 414 g/mol. The van der Waals surface area contributed by atoms with E-state index in [0.717, 1.165) is 31.0 Å². The van der Waals surface area contributed by atoms with E-state index in [1.807, 2.05) is 18.2 Å². The van der Waals surface area contributed by atoms with Crippen molar-refractivity contribution in [2.24, 2.45) is 8.73 Å². The van der Waals surface area contributed by atoms with Gasteiger partial charge in [0, 0.05) is 4.47 Å². The number of nitrogens with zero attached hydrogens (tertiary/aromatic N) is 2. The van der Waals surface area contributed by atoms with Crippen molar-refractivity contribution < 1.29 is 4.79 Å². The van der Waals surface area contributed by atoms with Crippen molar-refractivity contribution in [3.05, 3.63) is 37.4 Å². The Morgan fingerprint density at radius 2 is 2.11 bits per heavy atom. The maximum Gasteiger partial charge on any atom is 0.265 e. The number of fused-ring (bicyclic) bond motifs is 1.